The molecule has 1 aromatic carbocycles. The van der Waals surface area contributed by atoms with Gasteiger partial charge in [0.05, 0.1) is 24.8 Å². The quantitative estimate of drug-likeness (QED) is 0.857. The van der Waals surface area contributed by atoms with Gasteiger partial charge in [0.2, 0.25) is 5.43 Å². The molecule has 2 atom stereocenters. The molecular weight excluding hydrogens is 366 g/mol. The smallest absolute Gasteiger partial charge is 0.259 e. The monoisotopic (exact) mass is 387 g/mol. The molecule has 3 aliphatic rings. The molecule has 1 aliphatic carbocycles. The number of amides is 1. The second-order valence-electron chi connectivity index (χ2n) is 7.81. The molecule has 2 saturated heterocycles. The zero-order chi connectivity index (χ0) is 18.5. The Balaban J connectivity index is 1.38. The number of piperazine rings is 1. The SMILES string of the molecule is O=C(c1c[nH]c2cc(Cl)ccc2c1=O)N1CCN2[C@@H](COC[C@@H]2C2CC2)C1. The molecule has 6 nitrogen and oxygen atoms in total. The molecule has 1 N–H and O–H groups in total. The minimum absolute atomic E-state index is 0.189. The lowest BCUT2D eigenvalue weighted by Gasteiger charge is -2.48. The highest BCUT2D eigenvalue weighted by Crippen LogP contribution is 2.38. The Kier molecular flexibility index (Phi) is 4.22. The Hall–Kier alpha value is -1.89. The van der Waals surface area contributed by atoms with Crippen molar-refractivity contribution in [2.24, 2.45) is 5.92 Å². The summed E-state index contributed by atoms with van der Waals surface area (Å²) in [6.07, 6.45) is 4.09. The van der Waals surface area contributed by atoms with Crippen LogP contribution in [-0.4, -0.2) is 65.6 Å². The third kappa shape index (κ3) is 3.06. The number of hydrogen-bond acceptors (Lipinski definition) is 4. The van der Waals surface area contributed by atoms with Crippen molar-refractivity contribution in [2.75, 3.05) is 32.8 Å². The molecule has 0 unspecified atom stereocenters. The number of pyridine rings is 1. The van der Waals surface area contributed by atoms with Gasteiger partial charge in [0.25, 0.3) is 5.91 Å². The first-order chi connectivity index (χ1) is 13.1. The van der Waals surface area contributed by atoms with Crippen molar-refractivity contribution in [2.45, 2.75) is 24.9 Å². The number of carbonyl (C=O) groups excluding carboxylic acids is 1. The van der Waals surface area contributed by atoms with Crippen LogP contribution in [0.1, 0.15) is 23.2 Å². The van der Waals surface area contributed by atoms with Crippen LogP contribution in [0.25, 0.3) is 10.9 Å². The summed E-state index contributed by atoms with van der Waals surface area (Å²) < 4.78 is 5.82. The Morgan fingerprint density at radius 3 is 2.89 bits per heavy atom. The average molecular weight is 388 g/mol. The maximum absolute atomic E-state index is 13.1. The number of halogens is 1. The van der Waals surface area contributed by atoms with E-state index in [0.717, 1.165) is 19.1 Å². The van der Waals surface area contributed by atoms with Gasteiger partial charge in [-0.1, -0.05) is 11.6 Å². The summed E-state index contributed by atoms with van der Waals surface area (Å²) in [7, 11) is 0. The topological polar surface area (TPSA) is 65.6 Å². The molecule has 7 heteroatoms. The molecule has 1 saturated carbocycles. The second-order valence-corrected chi connectivity index (χ2v) is 8.24. The zero-order valence-electron chi connectivity index (χ0n) is 15.0. The lowest BCUT2D eigenvalue weighted by molar-refractivity contribution is -0.0816. The van der Waals surface area contributed by atoms with Crippen molar-refractivity contribution in [3.8, 4) is 0 Å². The van der Waals surface area contributed by atoms with Crippen molar-refractivity contribution in [3.63, 3.8) is 0 Å². The molecule has 2 aromatic rings. The van der Waals surface area contributed by atoms with Gasteiger partial charge in [0, 0.05) is 42.3 Å². The standard InChI is InChI=1S/C20H22ClN3O3/c21-13-3-4-15-17(7-13)22-8-16(19(15)25)20(26)23-5-6-24-14(9-23)10-27-11-18(24)12-1-2-12/h3-4,7-8,12,14,18H,1-2,5-6,9-11H2,(H,22,25)/t14-,18-/m1/s1. The van der Waals surface area contributed by atoms with E-state index in [9.17, 15) is 9.59 Å². The molecule has 5 rings (SSSR count). The molecule has 142 valence electrons. The number of carbonyl (C=O) groups is 1. The first-order valence-electron chi connectivity index (χ1n) is 9.55. The molecule has 3 heterocycles. The molecule has 27 heavy (non-hydrogen) atoms. The number of morpholine rings is 1. The number of H-pyrrole nitrogens is 1. The van der Waals surface area contributed by atoms with Gasteiger partial charge in [-0.3, -0.25) is 14.5 Å². The number of hydrogen-bond donors (Lipinski definition) is 1. The Bertz CT molecular complexity index is 955. The van der Waals surface area contributed by atoms with Gasteiger partial charge in [0.15, 0.2) is 0 Å². The Morgan fingerprint density at radius 2 is 2.07 bits per heavy atom. The fourth-order valence-corrected chi connectivity index (χ4v) is 4.64. The summed E-state index contributed by atoms with van der Waals surface area (Å²) in [5.41, 5.74) is 0.583. The van der Waals surface area contributed by atoms with Gasteiger partial charge in [-0.2, -0.15) is 0 Å². The van der Waals surface area contributed by atoms with Crippen LogP contribution < -0.4 is 5.43 Å². The Labute approximate surface area is 162 Å². The van der Waals surface area contributed by atoms with E-state index in [4.69, 9.17) is 16.3 Å². The highest BCUT2D eigenvalue weighted by molar-refractivity contribution is 6.31. The normalized spacial score (nSPS) is 26.2. The van der Waals surface area contributed by atoms with E-state index in [-0.39, 0.29) is 22.9 Å². The van der Waals surface area contributed by atoms with E-state index in [2.05, 4.69) is 9.88 Å². The van der Waals surface area contributed by atoms with Crippen LogP contribution >= 0.6 is 11.6 Å². The lowest BCUT2D eigenvalue weighted by atomic mass is 10.0. The minimum Gasteiger partial charge on any atom is -0.378 e. The van der Waals surface area contributed by atoms with Crippen LogP contribution in [0.4, 0.5) is 0 Å². The predicted molar refractivity (Wildman–Crippen MR) is 103 cm³/mol. The van der Waals surface area contributed by atoms with Crippen molar-refractivity contribution in [3.05, 3.63) is 45.2 Å². The van der Waals surface area contributed by atoms with Crippen molar-refractivity contribution in [1.29, 1.82) is 0 Å². The van der Waals surface area contributed by atoms with Gasteiger partial charge in [-0.15, -0.1) is 0 Å². The van der Waals surface area contributed by atoms with Gasteiger partial charge >= 0.3 is 0 Å². The third-order valence-electron chi connectivity index (χ3n) is 6.08. The number of ether oxygens (including phenoxy) is 1. The highest BCUT2D eigenvalue weighted by Gasteiger charge is 2.43. The van der Waals surface area contributed by atoms with E-state index < -0.39 is 0 Å². The predicted octanol–water partition coefficient (Wildman–Crippen LogP) is 2.12. The fraction of sp³-hybridized carbons (Fsp3) is 0.500. The molecule has 0 bridgehead atoms. The maximum Gasteiger partial charge on any atom is 0.259 e. The third-order valence-corrected chi connectivity index (χ3v) is 6.31. The van der Waals surface area contributed by atoms with E-state index in [1.807, 2.05) is 0 Å². The maximum atomic E-state index is 13.1. The second kappa shape index (κ2) is 6.62. The van der Waals surface area contributed by atoms with E-state index >= 15 is 0 Å². The first kappa shape index (κ1) is 17.2. The van der Waals surface area contributed by atoms with Crippen LogP contribution in [0.3, 0.4) is 0 Å². The summed E-state index contributed by atoms with van der Waals surface area (Å²) in [5, 5.41) is 1.04. The summed E-state index contributed by atoms with van der Waals surface area (Å²) in [5.74, 6) is 0.548. The van der Waals surface area contributed by atoms with Crippen LogP contribution in [-0.2, 0) is 4.74 Å². The zero-order valence-corrected chi connectivity index (χ0v) is 15.7. The number of fused-ring (bicyclic) bond motifs is 2. The van der Waals surface area contributed by atoms with Gasteiger partial charge in [-0.25, -0.2) is 0 Å². The van der Waals surface area contributed by atoms with E-state index in [1.54, 1.807) is 23.1 Å². The lowest BCUT2D eigenvalue weighted by Crippen LogP contribution is -2.63. The van der Waals surface area contributed by atoms with E-state index in [0.29, 0.717) is 41.7 Å². The first-order valence-corrected chi connectivity index (χ1v) is 9.93. The number of benzene rings is 1. The number of nitrogens with zero attached hydrogens (tertiary/aromatic N) is 2. The largest absolute Gasteiger partial charge is 0.378 e. The minimum atomic E-state index is -0.247. The van der Waals surface area contributed by atoms with Crippen molar-refractivity contribution in [1.82, 2.24) is 14.8 Å². The molecule has 0 spiro atoms. The fourth-order valence-electron chi connectivity index (χ4n) is 4.47. The van der Waals surface area contributed by atoms with Gasteiger partial charge in [-0.05, 0) is 37.0 Å². The van der Waals surface area contributed by atoms with Crippen LogP contribution in [0.2, 0.25) is 5.02 Å². The Morgan fingerprint density at radius 1 is 1.22 bits per heavy atom. The molecule has 2 aliphatic heterocycles. The van der Waals surface area contributed by atoms with Crippen LogP contribution in [0.15, 0.2) is 29.2 Å². The summed E-state index contributed by atoms with van der Waals surface area (Å²) >= 11 is 5.98. The van der Waals surface area contributed by atoms with Gasteiger partial charge in [0.1, 0.15) is 5.56 Å². The molecule has 1 amide bonds. The number of nitrogens with one attached hydrogen (secondary N) is 1. The van der Waals surface area contributed by atoms with Crippen LogP contribution in [0, 0.1) is 5.92 Å². The number of rotatable bonds is 2. The molecule has 0 radical (unpaired) electrons. The molecular formula is C20H22ClN3O3. The number of aromatic nitrogens is 1. The van der Waals surface area contributed by atoms with Crippen molar-refractivity contribution < 1.29 is 9.53 Å². The summed E-state index contributed by atoms with van der Waals surface area (Å²) in [6.45, 7) is 3.57. The summed E-state index contributed by atoms with van der Waals surface area (Å²) in [6, 6.07) is 5.75. The molecule has 1 aromatic heterocycles. The van der Waals surface area contributed by atoms with Crippen molar-refractivity contribution >= 4 is 28.4 Å². The van der Waals surface area contributed by atoms with Crippen LogP contribution in [0.5, 0.6) is 0 Å². The average Bonchev–Trinajstić information content (AvgIpc) is 3.52. The highest BCUT2D eigenvalue weighted by atomic mass is 35.5. The molecule has 3 fully saturated rings. The van der Waals surface area contributed by atoms with Gasteiger partial charge < -0.3 is 14.6 Å². The summed E-state index contributed by atoms with van der Waals surface area (Å²) in [4.78, 5) is 33.2. The number of aromatic amines is 1. The van der Waals surface area contributed by atoms with E-state index in [1.165, 1.54) is 19.0 Å².